The summed E-state index contributed by atoms with van der Waals surface area (Å²) in [6, 6.07) is 10.2. The van der Waals surface area contributed by atoms with Crippen molar-refractivity contribution in [2.75, 3.05) is 0 Å². The van der Waals surface area contributed by atoms with Gasteiger partial charge in [0.15, 0.2) is 8.83 Å². The third-order valence-electron chi connectivity index (χ3n) is 0.997. The number of benzene rings is 1. The summed E-state index contributed by atoms with van der Waals surface area (Å²) < 4.78 is 0. The predicted octanol–water partition coefficient (Wildman–Crippen LogP) is 1.48. The van der Waals surface area contributed by atoms with Gasteiger partial charge in [-0.05, 0) is 5.19 Å². The van der Waals surface area contributed by atoms with Crippen molar-refractivity contribution in [3.63, 3.8) is 0 Å². The van der Waals surface area contributed by atoms with Crippen molar-refractivity contribution >= 4 is 49.9 Å². The van der Waals surface area contributed by atoms with E-state index in [9.17, 15) is 0 Å². The Morgan fingerprint density at radius 3 is 1.80 bits per heavy atom. The number of hydrogen-bond acceptors (Lipinski definition) is 0. The summed E-state index contributed by atoms with van der Waals surface area (Å²) in [5.74, 6) is 0. The fourth-order valence-electron chi connectivity index (χ4n) is 0.567. The van der Waals surface area contributed by atoms with Crippen molar-refractivity contribution in [2.45, 2.75) is 0 Å². The maximum absolute atomic E-state index is 5.67. The molecule has 4 heteroatoms. The van der Waals surface area contributed by atoms with Gasteiger partial charge in [-0.3, -0.25) is 0 Å². The summed E-state index contributed by atoms with van der Waals surface area (Å²) in [6.45, 7) is 0. The molecule has 0 bridgehead atoms. The van der Waals surface area contributed by atoms with Crippen LogP contribution >= 0.6 is 35.9 Å². The van der Waals surface area contributed by atoms with Gasteiger partial charge in [-0.25, -0.2) is 0 Å². The molecule has 0 saturated heterocycles. The Labute approximate surface area is 80.3 Å². The van der Waals surface area contributed by atoms with Gasteiger partial charge in [-0.15, -0.1) is 24.8 Å². The van der Waals surface area contributed by atoms with Crippen LogP contribution in [0.25, 0.3) is 0 Å². The van der Waals surface area contributed by atoms with E-state index in [0.29, 0.717) is 0 Å². The standard InChI is InChI=1S/C6H7ClSi.2ClH/c7-8-6-4-2-1-3-5-6;;/h1-5H,8H2;2*1H. The van der Waals surface area contributed by atoms with Crippen LogP contribution in [0.3, 0.4) is 0 Å². The molecule has 0 N–H and O–H groups in total. The molecule has 0 aromatic heterocycles. The summed E-state index contributed by atoms with van der Waals surface area (Å²) >= 11 is 5.67. The Morgan fingerprint density at radius 2 is 1.50 bits per heavy atom. The van der Waals surface area contributed by atoms with Crippen LogP contribution in [0.5, 0.6) is 0 Å². The summed E-state index contributed by atoms with van der Waals surface area (Å²) in [4.78, 5) is 0. The fraction of sp³-hybridized carbons (Fsp3) is 0. The lowest BCUT2D eigenvalue weighted by Gasteiger charge is -1.87. The first-order chi connectivity index (χ1) is 3.93. The molecule has 58 valence electrons. The number of rotatable bonds is 1. The number of hydrogen-bond donors (Lipinski definition) is 0. The Bertz CT molecular complexity index is 154. The van der Waals surface area contributed by atoms with Crippen molar-refractivity contribution in [1.29, 1.82) is 0 Å². The topological polar surface area (TPSA) is 0 Å². The van der Waals surface area contributed by atoms with Gasteiger partial charge in [0.25, 0.3) is 0 Å². The van der Waals surface area contributed by atoms with E-state index >= 15 is 0 Å². The first-order valence-corrected chi connectivity index (χ1v) is 5.38. The first kappa shape index (κ1) is 12.9. The van der Waals surface area contributed by atoms with Crippen LogP contribution in [0.1, 0.15) is 0 Å². The van der Waals surface area contributed by atoms with E-state index in [1.54, 1.807) is 0 Å². The van der Waals surface area contributed by atoms with Gasteiger partial charge in [0.2, 0.25) is 0 Å². The SMILES string of the molecule is Cl.Cl.Cl[SiH2]c1ccccc1. The predicted molar refractivity (Wildman–Crippen MR) is 55.0 cm³/mol. The highest BCUT2D eigenvalue weighted by atomic mass is 35.6. The molecule has 0 spiro atoms. The van der Waals surface area contributed by atoms with Gasteiger partial charge < -0.3 is 0 Å². The summed E-state index contributed by atoms with van der Waals surface area (Å²) in [5, 5.41) is 1.31. The first-order valence-electron chi connectivity index (χ1n) is 2.53. The monoisotopic (exact) mass is 214 g/mol. The summed E-state index contributed by atoms with van der Waals surface area (Å²) in [7, 11) is -0.437. The van der Waals surface area contributed by atoms with Gasteiger partial charge in [-0.2, -0.15) is 11.1 Å². The third kappa shape index (κ3) is 4.17. The van der Waals surface area contributed by atoms with Gasteiger partial charge in [0.1, 0.15) is 0 Å². The maximum Gasteiger partial charge on any atom is 0.155 e. The summed E-state index contributed by atoms with van der Waals surface area (Å²) in [6.07, 6.45) is 0. The second kappa shape index (κ2) is 7.41. The molecule has 0 amide bonds. The molecule has 0 atom stereocenters. The lowest BCUT2D eigenvalue weighted by Crippen LogP contribution is -2.05. The normalized spacial score (nSPS) is 8.50. The highest BCUT2D eigenvalue weighted by Crippen LogP contribution is 1.81. The molecule has 0 unspecified atom stereocenters. The van der Waals surface area contributed by atoms with Gasteiger partial charge >= 0.3 is 0 Å². The Hall–Kier alpha value is 0.307. The van der Waals surface area contributed by atoms with Crippen LogP contribution in [0, 0.1) is 0 Å². The van der Waals surface area contributed by atoms with Crippen LogP contribution in [0.2, 0.25) is 0 Å². The molecule has 0 nitrogen and oxygen atoms in total. The quantitative estimate of drug-likeness (QED) is 0.492. The molecule has 0 saturated carbocycles. The van der Waals surface area contributed by atoms with Crippen LogP contribution in [-0.2, 0) is 0 Å². The van der Waals surface area contributed by atoms with E-state index in [0.717, 1.165) is 0 Å². The smallest absolute Gasteiger partial charge is 0.155 e. The second-order valence-corrected chi connectivity index (χ2v) is 3.50. The van der Waals surface area contributed by atoms with Gasteiger partial charge in [0, 0.05) is 0 Å². The van der Waals surface area contributed by atoms with Crippen molar-refractivity contribution in [2.24, 2.45) is 0 Å². The zero-order valence-electron chi connectivity index (χ0n) is 5.29. The lowest BCUT2D eigenvalue weighted by molar-refractivity contribution is 1.77. The number of halogens is 3. The van der Waals surface area contributed by atoms with E-state index in [-0.39, 0.29) is 24.8 Å². The molecular weight excluding hydrogens is 207 g/mol. The lowest BCUT2D eigenvalue weighted by atomic mass is 10.4. The molecule has 1 aromatic rings. The molecule has 1 rings (SSSR count). The van der Waals surface area contributed by atoms with Crippen LogP contribution in [0.15, 0.2) is 30.3 Å². The molecule has 0 aliphatic rings. The Kier molecular flexibility index (Phi) is 9.59. The zero-order valence-corrected chi connectivity index (χ0v) is 9.09. The zero-order chi connectivity index (χ0) is 5.82. The molecule has 0 radical (unpaired) electrons. The Morgan fingerprint density at radius 1 is 1.00 bits per heavy atom. The largest absolute Gasteiger partial charge is 0.170 e. The minimum atomic E-state index is -0.437. The van der Waals surface area contributed by atoms with Crippen LogP contribution in [-0.4, -0.2) is 8.83 Å². The minimum Gasteiger partial charge on any atom is -0.170 e. The second-order valence-electron chi connectivity index (χ2n) is 1.62. The highest BCUT2D eigenvalue weighted by molar-refractivity contribution is 7.01. The van der Waals surface area contributed by atoms with Crippen molar-refractivity contribution < 1.29 is 0 Å². The van der Waals surface area contributed by atoms with Crippen LogP contribution < -0.4 is 5.19 Å². The van der Waals surface area contributed by atoms with Gasteiger partial charge in [0.05, 0.1) is 0 Å². The molecule has 0 aliphatic carbocycles. The van der Waals surface area contributed by atoms with Crippen molar-refractivity contribution in [1.82, 2.24) is 0 Å². The maximum atomic E-state index is 5.67. The van der Waals surface area contributed by atoms with Gasteiger partial charge in [-0.1, -0.05) is 30.3 Å². The molecule has 0 heterocycles. The average Bonchev–Trinajstić information content (AvgIpc) is 1.90. The molecule has 0 fully saturated rings. The van der Waals surface area contributed by atoms with E-state index in [4.69, 9.17) is 11.1 Å². The molecule has 1 aromatic carbocycles. The van der Waals surface area contributed by atoms with E-state index in [1.165, 1.54) is 5.19 Å². The fourth-order valence-corrected chi connectivity index (χ4v) is 1.55. The van der Waals surface area contributed by atoms with E-state index < -0.39 is 8.83 Å². The molecular formula is C6H9Cl3Si. The summed E-state index contributed by atoms with van der Waals surface area (Å²) in [5.41, 5.74) is 0. The van der Waals surface area contributed by atoms with Crippen molar-refractivity contribution in [3.05, 3.63) is 30.3 Å². The third-order valence-corrected chi connectivity index (χ3v) is 2.70. The Balaban J connectivity index is 0. The average molecular weight is 216 g/mol. The van der Waals surface area contributed by atoms with E-state index in [2.05, 4.69) is 12.1 Å². The molecule has 10 heavy (non-hydrogen) atoms. The van der Waals surface area contributed by atoms with Crippen molar-refractivity contribution in [3.8, 4) is 0 Å². The van der Waals surface area contributed by atoms with E-state index in [1.807, 2.05) is 18.2 Å². The van der Waals surface area contributed by atoms with Crippen LogP contribution in [0.4, 0.5) is 0 Å². The highest BCUT2D eigenvalue weighted by Gasteiger charge is 1.83. The minimum absolute atomic E-state index is 0. The molecule has 0 aliphatic heterocycles.